The molecule has 1 heterocycles. The van der Waals surface area contributed by atoms with Crippen LogP contribution in [-0.2, 0) is 6.54 Å². The van der Waals surface area contributed by atoms with Crippen molar-refractivity contribution in [3.8, 4) is 11.4 Å². The van der Waals surface area contributed by atoms with E-state index in [1.165, 1.54) is 6.07 Å². The van der Waals surface area contributed by atoms with Gasteiger partial charge in [-0.25, -0.2) is 9.37 Å². The molecule has 0 aliphatic heterocycles. The maximum Gasteiger partial charge on any atom is 0.141 e. The number of anilines is 1. The highest BCUT2D eigenvalue weighted by Crippen LogP contribution is 2.21. The lowest BCUT2D eigenvalue weighted by Gasteiger charge is -2.09. The van der Waals surface area contributed by atoms with Crippen molar-refractivity contribution in [1.29, 1.82) is 0 Å². The molecule has 5 heteroatoms. The van der Waals surface area contributed by atoms with Gasteiger partial charge in [-0.05, 0) is 42.0 Å². The van der Waals surface area contributed by atoms with E-state index in [1.807, 2.05) is 35.0 Å². The Balaban J connectivity index is 1.92. The Morgan fingerprint density at radius 1 is 1.14 bits per heavy atom. The highest BCUT2D eigenvalue weighted by atomic mass is 35.5. The van der Waals surface area contributed by atoms with Crippen molar-refractivity contribution in [2.24, 2.45) is 0 Å². The third-order valence-corrected chi connectivity index (χ3v) is 3.51. The van der Waals surface area contributed by atoms with Crippen LogP contribution in [-0.4, -0.2) is 9.55 Å². The van der Waals surface area contributed by atoms with Crippen LogP contribution >= 0.6 is 11.6 Å². The molecule has 0 aliphatic carbocycles. The molecule has 3 aromatic rings. The first-order chi connectivity index (χ1) is 10.1. The van der Waals surface area contributed by atoms with Gasteiger partial charge in [0.1, 0.15) is 11.6 Å². The topological polar surface area (TPSA) is 43.8 Å². The number of aromatic nitrogens is 2. The Kier molecular flexibility index (Phi) is 3.62. The van der Waals surface area contributed by atoms with Gasteiger partial charge in [0, 0.05) is 30.2 Å². The van der Waals surface area contributed by atoms with Crippen LogP contribution in [0.5, 0.6) is 0 Å². The van der Waals surface area contributed by atoms with E-state index >= 15 is 0 Å². The van der Waals surface area contributed by atoms with Crippen molar-refractivity contribution in [3.63, 3.8) is 0 Å². The number of imidazole rings is 1. The van der Waals surface area contributed by atoms with Gasteiger partial charge in [0.25, 0.3) is 0 Å². The SMILES string of the molecule is Nc1ccc(-c2nccn2Cc2ccc(F)c(Cl)c2)cc1. The lowest BCUT2D eigenvalue weighted by atomic mass is 10.2. The first-order valence-corrected chi connectivity index (χ1v) is 6.82. The van der Waals surface area contributed by atoms with Crippen molar-refractivity contribution >= 4 is 17.3 Å². The zero-order chi connectivity index (χ0) is 14.8. The normalized spacial score (nSPS) is 10.8. The molecule has 2 N–H and O–H groups in total. The Bertz CT molecular complexity index is 765. The number of nitrogens with zero attached hydrogens (tertiary/aromatic N) is 2. The highest BCUT2D eigenvalue weighted by molar-refractivity contribution is 6.30. The lowest BCUT2D eigenvalue weighted by Crippen LogP contribution is -2.01. The summed E-state index contributed by atoms with van der Waals surface area (Å²) in [6.45, 7) is 0.569. The van der Waals surface area contributed by atoms with E-state index in [4.69, 9.17) is 17.3 Å². The van der Waals surface area contributed by atoms with Crippen molar-refractivity contribution in [3.05, 3.63) is 71.3 Å². The van der Waals surface area contributed by atoms with Gasteiger partial charge in [-0.3, -0.25) is 0 Å². The second-order valence-electron chi connectivity index (χ2n) is 4.75. The van der Waals surface area contributed by atoms with E-state index in [1.54, 1.807) is 18.3 Å². The molecule has 0 amide bonds. The van der Waals surface area contributed by atoms with Crippen molar-refractivity contribution in [1.82, 2.24) is 9.55 Å². The molecule has 3 nitrogen and oxygen atoms in total. The molecule has 0 saturated carbocycles. The largest absolute Gasteiger partial charge is 0.399 e. The third-order valence-electron chi connectivity index (χ3n) is 3.22. The van der Waals surface area contributed by atoms with E-state index in [9.17, 15) is 4.39 Å². The van der Waals surface area contributed by atoms with E-state index in [-0.39, 0.29) is 5.02 Å². The van der Waals surface area contributed by atoms with Crippen LogP contribution in [0.15, 0.2) is 54.9 Å². The van der Waals surface area contributed by atoms with Crippen molar-refractivity contribution < 1.29 is 4.39 Å². The number of hydrogen-bond donors (Lipinski definition) is 1. The average Bonchev–Trinajstić information content (AvgIpc) is 2.92. The van der Waals surface area contributed by atoms with Crippen molar-refractivity contribution in [2.75, 3.05) is 5.73 Å². The molecule has 0 saturated heterocycles. The molecule has 0 radical (unpaired) electrons. The summed E-state index contributed by atoms with van der Waals surface area (Å²) in [6.07, 6.45) is 3.61. The summed E-state index contributed by atoms with van der Waals surface area (Å²) in [6, 6.07) is 12.2. The number of rotatable bonds is 3. The molecule has 0 aliphatic rings. The van der Waals surface area contributed by atoms with Crippen LogP contribution in [0, 0.1) is 5.82 Å². The lowest BCUT2D eigenvalue weighted by molar-refractivity contribution is 0.627. The predicted octanol–water partition coefficient (Wildman–Crippen LogP) is 3.97. The summed E-state index contributed by atoms with van der Waals surface area (Å²) in [5.41, 5.74) is 8.29. The Hall–Kier alpha value is -2.33. The van der Waals surface area contributed by atoms with Crippen LogP contribution in [0.2, 0.25) is 5.02 Å². The summed E-state index contributed by atoms with van der Waals surface area (Å²) in [4.78, 5) is 4.37. The average molecular weight is 302 g/mol. The van der Waals surface area contributed by atoms with Gasteiger partial charge in [-0.2, -0.15) is 0 Å². The number of hydrogen-bond acceptors (Lipinski definition) is 2. The zero-order valence-electron chi connectivity index (χ0n) is 11.1. The van der Waals surface area contributed by atoms with Gasteiger partial charge in [0.15, 0.2) is 0 Å². The van der Waals surface area contributed by atoms with E-state index < -0.39 is 5.82 Å². The molecule has 21 heavy (non-hydrogen) atoms. The minimum absolute atomic E-state index is 0.127. The standard InChI is InChI=1S/C16H13ClFN3/c17-14-9-11(1-6-15(14)18)10-21-8-7-20-16(21)12-2-4-13(19)5-3-12/h1-9H,10,19H2. The van der Waals surface area contributed by atoms with Crippen LogP contribution < -0.4 is 5.73 Å². The molecular weight excluding hydrogens is 289 g/mol. The maximum atomic E-state index is 13.2. The quantitative estimate of drug-likeness (QED) is 0.744. The number of nitrogen functional groups attached to an aromatic ring is 1. The van der Waals surface area contributed by atoms with Crippen LogP contribution in [0.3, 0.4) is 0 Å². The number of benzene rings is 2. The van der Waals surface area contributed by atoms with E-state index in [0.717, 1.165) is 17.0 Å². The summed E-state index contributed by atoms with van der Waals surface area (Å²) < 4.78 is 15.2. The minimum atomic E-state index is -0.412. The molecule has 1 aromatic heterocycles. The summed E-state index contributed by atoms with van der Waals surface area (Å²) in [7, 11) is 0. The summed E-state index contributed by atoms with van der Waals surface area (Å²) in [5.74, 6) is 0.417. The fourth-order valence-electron chi connectivity index (χ4n) is 2.16. The van der Waals surface area contributed by atoms with E-state index in [2.05, 4.69) is 4.98 Å². The fraction of sp³-hybridized carbons (Fsp3) is 0.0625. The van der Waals surface area contributed by atoms with Gasteiger partial charge in [-0.15, -0.1) is 0 Å². The highest BCUT2D eigenvalue weighted by Gasteiger charge is 2.07. The monoisotopic (exact) mass is 301 g/mol. The van der Waals surface area contributed by atoms with Crippen molar-refractivity contribution in [2.45, 2.75) is 6.54 Å². The molecule has 0 atom stereocenters. The molecule has 0 unspecified atom stereocenters. The maximum absolute atomic E-state index is 13.2. The molecule has 3 rings (SSSR count). The molecule has 0 bridgehead atoms. The second kappa shape index (κ2) is 5.58. The predicted molar refractivity (Wildman–Crippen MR) is 82.6 cm³/mol. The fourth-order valence-corrected chi connectivity index (χ4v) is 2.37. The Morgan fingerprint density at radius 2 is 1.90 bits per heavy atom. The van der Waals surface area contributed by atoms with Crippen LogP contribution in [0.25, 0.3) is 11.4 Å². The van der Waals surface area contributed by atoms with Gasteiger partial charge < -0.3 is 10.3 Å². The van der Waals surface area contributed by atoms with Gasteiger partial charge in [-0.1, -0.05) is 17.7 Å². The number of halogens is 2. The Labute approximate surface area is 126 Å². The van der Waals surface area contributed by atoms with E-state index in [0.29, 0.717) is 12.2 Å². The zero-order valence-corrected chi connectivity index (χ0v) is 11.9. The molecule has 106 valence electrons. The molecule has 2 aromatic carbocycles. The van der Waals surface area contributed by atoms with Gasteiger partial charge in [0.05, 0.1) is 5.02 Å². The third kappa shape index (κ3) is 2.90. The second-order valence-corrected chi connectivity index (χ2v) is 5.16. The van der Waals surface area contributed by atoms with Crippen LogP contribution in [0.4, 0.5) is 10.1 Å². The molecule has 0 spiro atoms. The first-order valence-electron chi connectivity index (χ1n) is 6.44. The summed E-state index contributed by atoms with van der Waals surface area (Å²) in [5, 5.41) is 0.127. The van der Waals surface area contributed by atoms with Crippen LogP contribution in [0.1, 0.15) is 5.56 Å². The first kappa shape index (κ1) is 13.6. The van der Waals surface area contributed by atoms with Gasteiger partial charge >= 0.3 is 0 Å². The smallest absolute Gasteiger partial charge is 0.141 e. The summed E-state index contributed by atoms with van der Waals surface area (Å²) >= 11 is 5.81. The molecule has 0 fully saturated rings. The Morgan fingerprint density at radius 3 is 2.62 bits per heavy atom. The number of nitrogens with two attached hydrogens (primary N) is 1. The van der Waals surface area contributed by atoms with Gasteiger partial charge in [0.2, 0.25) is 0 Å². The minimum Gasteiger partial charge on any atom is -0.399 e. The molecular formula is C16H13ClFN3.